The molecule has 3 aromatic rings. The Morgan fingerprint density at radius 2 is 1.89 bits per heavy atom. The monoisotopic (exact) mass is 394 g/mol. The summed E-state index contributed by atoms with van der Waals surface area (Å²) in [4.78, 5) is 12.9. The lowest BCUT2D eigenvalue weighted by molar-refractivity contribution is -0.274. The fourth-order valence-electron chi connectivity index (χ4n) is 3.23. The number of halogens is 3. The number of aromatic nitrogens is 4. The summed E-state index contributed by atoms with van der Waals surface area (Å²) in [6.45, 7) is 1.19. The number of imidazole rings is 1. The number of fused-ring (bicyclic) bond motifs is 1. The second kappa shape index (κ2) is 6.82. The first-order chi connectivity index (χ1) is 13.3. The highest BCUT2D eigenvalue weighted by molar-refractivity contribution is 5.78. The third-order valence-corrected chi connectivity index (χ3v) is 4.57. The van der Waals surface area contributed by atoms with Crippen LogP contribution in [0.5, 0.6) is 5.75 Å². The van der Waals surface area contributed by atoms with Crippen molar-refractivity contribution < 1.29 is 22.6 Å². The molecule has 0 aliphatic carbocycles. The van der Waals surface area contributed by atoms with Crippen molar-refractivity contribution in [1.29, 1.82) is 0 Å². The fraction of sp³-hybridized carbons (Fsp3) is 0.353. The number of hydrogen-bond acceptors (Lipinski definition) is 7. The minimum Gasteiger partial charge on any atom is -0.406 e. The minimum absolute atomic E-state index is 0.0664. The first-order valence-corrected chi connectivity index (χ1v) is 8.55. The number of anilines is 2. The van der Waals surface area contributed by atoms with Crippen LogP contribution >= 0.6 is 0 Å². The molecular weight excluding hydrogens is 377 g/mol. The van der Waals surface area contributed by atoms with E-state index in [0.717, 1.165) is 12.8 Å². The predicted octanol–water partition coefficient (Wildman–Crippen LogP) is 2.77. The lowest BCUT2D eigenvalue weighted by atomic mass is 9.95. The van der Waals surface area contributed by atoms with E-state index >= 15 is 0 Å². The van der Waals surface area contributed by atoms with Gasteiger partial charge in [-0.25, -0.2) is 9.97 Å². The Morgan fingerprint density at radius 1 is 1.14 bits per heavy atom. The third kappa shape index (κ3) is 3.52. The molecule has 11 heteroatoms. The number of rotatable bonds is 3. The normalized spacial score (nSPS) is 15.8. The summed E-state index contributed by atoms with van der Waals surface area (Å²) in [6.07, 6.45) is -1.89. The zero-order valence-electron chi connectivity index (χ0n) is 14.6. The molecule has 4 rings (SSSR count). The van der Waals surface area contributed by atoms with Gasteiger partial charge >= 0.3 is 6.36 Å². The molecule has 8 nitrogen and oxygen atoms in total. The van der Waals surface area contributed by atoms with E-state index in [9.17, 15) is 13.2 Å². The molecule has 0 unspecified atom stereocenters. The van der Waals surface area contributed by atoms with E-state index in [2.05, 4.69) is 19.7 Å². The fourth-order valence-corrected chi connectivity index (χ4v) is 3.23. The second-order valence-electron chi connectivity index (χ2n) is 6.41. The Balaban J connectivity index is 1.79. The van der Waals surface area contributed by atoms with Gasteiger partial charge in [0.2, 0.25) is 5.95 Å². The molecule has 1 aromatic carbocycles. The van der Waals surface area contributed by atoms with Crippen molar-refractivity contribution in [1.82, 2.24) is 19.5 Å². The SMILES string of the molecule is Nc1nc(-n2cnc3ccc(OC(F)(F)F)cc32)nc(C2CCOCC2)c1N. The first-order valence-electron chi connectivity index (χ1n) is 8.55. The number of ether oxygens (including phenoxy) is 2. The minimum atomic E-state index is -4.79. The van der Waals surface area contributed by atoms with Crippen molar-refractivity contribution in [3.05, 3.63) is 30.2 Å². The van der Waals surface area contributed by atoms with Crippen LogP contribution in [0.3, 0.4) is 0 Å². The van der Waals surface area contributed by atoms with Crippen LogP contribution in [-0.4, -0.2) is 39.1 Å². The van der Waals surface area contributed by atoms with Gasteiger partial charge in [0.05, 0.1) is 22.4 Å². The van der Waals surface area contributed by atoms with Crippen LogP contribution in [0.15, 0.2) is 24.5 Å². The van der Waals surface area contributed by atoms with Crippen molar-refractivity contribution in [3.8, 4) is 11.7 Å². The van der Waals surface area contributed by atoms with Crippen molar-refractivity contribution in [2.45, 2.75) is 25.1 Å². The highest BCUT2D eigenvalue weighted by Gasteiger charge is 2.31. The van der Waals surface area contributed by atoms with Crippen molar-refractivity contribution >= 4 is 22.5 Å². The summed E-state index contributed by atoms with van der Waals surface area (Å²) < 4.78 is 48.4. The molecule has 1 aliphatic heterocycles. The molecule has 3 heterocycles. The molecule has 0 atom stereocenters. The van der Waals surface area contributed by atoms with Gasteiger partial charge in [0.1, 0.15) is 12.1 Å². The van der Waals surface area contributed by atoms with Crippen LogP contribution in [0.25, 0.3) is 17.0 Å². The van der Waals surface area contributed by atoms with Gasteiger partial charge in [-0.15, -0.1) is 13.2 Å². The van der Waals surface area contributed by atoms with Gasteiger partial charge in [-0.1, -0.05) is 0 Å². The molecule has 1 fully saturated rings. The summed E-state index contributed by atoms with van der Waals surface area (Å²) >= 11 is 0. The maximum absolute atomic E-state index is 12.5. The molecule has 0 saturated carbocycles. The smallest absolute Gasteiger partial charge is 0.406 e. The number of nitrogens with zero attached hydrogens (tertiary/aromatic N) is 4. The van der Waals surface area contributed by atoms with Crippen molar-refractivity contribution in [2.75, 3.05) is 24.7 Å². The molecule has 0 spiro atoms. The van der Waals surface area contributed by atoms with Gasteiger partial charge < -0.3 is 20.9 Å². The molecule has 0 bridgehead atoms. The Morgan fingerprint density at radius 3 is 2.61 bits per heavy atom. The van der Waals surface area contributed by atoms with Gasteiger partial charge in [0.25, 0.3) is 0 Å². The number of nitrogen functional groups attached to an aromatic ring is 2. The standard InChI is InChI=1S/C17H17F3N6O2/c18-17(19,20)28-10-1-2-11-12(7-10)26(8-23-11)16-24-14(13(21)15(22)25-16)9-3-5-27-6-4-9/h1-2,7-9H,3-6,21H2,(H2,22,24,25). The van der Waals surface area contributed by atoms with Gasteiger partial charge in [-0.05, 0) is 25.0 Å². The lowest BCUT2D eigenvalue weighted by Gasteiger charge is -2.23. The van der Waals surface area contributed by atoms with Crippen LogP contribution in [0.2, 0.25) is 0 Å². The van der Waals surface area contributed by atoms with Gasteiger partial charge in [0, 0.05) is 25.2 Å². The van der Waals surface area contributed by atoms with Crippen LogP contribution in [0, 0.1) is 0 Å². The molecule has 0 radical (unpaired) electrons. The Kier molecular flexibility index (Phi) is 4.46. The average molecular weight is 394 g/mol. The van der Waals surface area contributed by atoms with E-state index in [4.69, 9.17) is 16.2 Å². The summed E-state index contributed by atoms with van der Waals surface area (Å²) in [5.41, 5.74) is 13.8. The highest BCUT2D eigenvalue weighted by Crippen LogP contribution is 2.33. The Hall–Kier alpha value is -3.08. The van der Waals surface area contributed by atoms with Gasteiger partial charge in [-0.3, -0.25) is 4.57 Å². The average Bonchev–Trinajstić information content (AvgIpc) is 3.06. The predicted molar refractivity (Wildman–Crippen MR) is 95.0 cm³/mol. The Labute approximate surface area is 157 Å². The number of hydrogen-bond donors (Lipinski definition) is 2. The zero-order valence-corrected chi connectivity index (χ0v) is 14.6. The van der Waals surface area contributed by atoms with Crippen LogP contribution in [0.1, 0.15) is 24.5 Å². The van der Waals surface area contributed by atoms with Crippen LogP contribution in [0.4, 0.5) is 24.7 Å². The van der Waals surface area contributed by atoms with E-state index < -0.39 is 6.36 Å². The third-order valence-electron chi connectivity index (χ3n) is 4.57. The topological polar surface area (TPSA) is 114 Å². The van der Waals surface area contributed by atoms with E-state index in [1.165, 1.54) is 29.1 Å². The summed E-state index contributed by atoms with van der Waals surface area (Å²) in [5.74, 6) is -0.0117. The van der Waals surface area contributed by atoms with Crippen LogP contribution < -0.4 is 16.2 Å². The van der Waals surface area contributed by atoms with Gasteiger partial charge in [-0.2, -0.15) is 4.98 Å². The zero-order chi connectivity index (χ0) is 19.9. The summed E-state index contributed by atoms with van der Waals surface area (Å²) in [5, 5.41) is 0. The van der Waals surface area contributed by atoms with Crippen molar-refractivity contribution in [2.24, 2.45) is 0 Å². The lowest BCUT2D eigenvalue weighted by Crippen LogP contribution is -2.19. The number of nitrogens with two attached hydrogens (primary N) is 2. The molecule has 1 aliphatic rings. The van der Waals surface area contributed by atoms with Gasteiger partial charge in [0.15, 0.2) is 5.82 Å². The van der Waals surface area contributed by atoms with E-state index in [0.29, 0.717) is 35.6 Å². The Bertz CT molecular complexity index is 1010. The highest BCUT2D eigenvalue weighted by atomic mass is 19.4. The van der Waals surface area contributed by atoms with Crippen LogP contribution in [-0.2, 0) is 4.74 Å². The second-order valence-corrected chi connectivity index (χ2v) is 6.41. The quantitative estimate of drug-likeness (QED) is 0.702. The largest absolute Gasteiger partial charge is 0.573 e. The molecular formula is C17H17F3N6O2. The number of benzene rings is 1. The molecule has 148 valence electrons. The molecule has 28 heavy (non-hydrogen) atoms. The number of alkyl halides is 3. The molecule has 1 saturated heterocycles. The molecule has 0 amide bonds. The van der Waals surface area contributed by atoms with E-state index in [-0.39, 0.29) is 23.4 Å². The van der Waals surface area contributed by atoms with E-state index in [1.54, 1.807) is 0 Å². The maximum Gasteiger partial charge on any atom is 0.573 e. The summed E-state index contributed by atoms with van der Waals surface area (Å²) in [6, 6.07) is 3.84. The summed E-state index contributed by atoms with van der Waals surface area (Å²) in [7, 11) is 0. The molecule has 2 aromatic heterocycles. The maximum atomic E-state index is 12.5. The van der Waals surface area contributed by atoms with E-state index in [1.807, 2.05) is 0 Å². The van der Waals surface area contributed by atoms with Crippen molar-refractivity contribution in [3.63, 3.8) is 0 Å². The molecule has 4 N–H and O–H groups in total. The first kappa shape index (κ1) is 18.3.